The highest BCUT2D eigenvalue weighted by molar-refractivity contribution is 7.99. The van der Waals surface area contributed by atoms with Gasteiger partial charge in [-0.25, -0.2) is 0 Å². The average molecular weight is 436 g/mol. The van der Waals surface area contributed by atoms with E-state index in [1.807, 2.05) is 11.8 Å². The molecule has 170 valence electrons. The summed E-state index contributed by atoms with van der Waals surface area (Å²) in [5, 5.41) is 11.2. The first kappa shape index (κ1) is 25.1. The monoisotopic (exact) mass is 435 g/mol. The van der Waals surface area contributed by atoms with Crippen molar-refractivity contribution in [2.75, 3.05) is 31.9 Å². The van der Waals surface area contributed by atoms with E-state index in [9.17, 15) is 9.90 Å². The number of carbonyl (C=O) groups excluding carboxylic acids is 1. The lowest BCUT2D eigenvalue weighted by molar-refractivity contribution is -0.140. The average Bonchev–Trinajstić information content (AvgIpc) is 3.12. The SMILES string of the molecule is COC(=O)CCCCCCC1CC[C@@H](O)C1CCC(CN(C)c1ccccc1)SC. The van der Waals surface area contributed by atoms with Gasteiger partial charge in [0.1, 0.15) is 0 Å². The van der Waals surface area contributed by atoms with Crippen LogP contribution in [0, 0.1) is 11.8 Å². The molecule has 5 heteroatoms. The zero-order chi connectivity index (χ0) is 21.8. The van der Waals surface area contributed by atoms with Crippen molar-refractivity contribution in [1.82, 2.24) is 0 Å². The summed E-state index contributed by atoms with van der Waals surface area (Å²) in [5.74, 6) is 1.02. The van der Waals surface area contributed by atoms with E-state index in [-0.39, 0.29) is 12.1 Å². The molecule has 0 amide bonds. The Morgan fingerprint density at radius 1 is 1.17 bits per heavy atom. The van der Waals surface area contributed by atoms with Crippen LogP contribution in [0.4, 0.5) is 5.69 Å². The van der Waals surface area contributed by atoms with Crippen molar-refractivity contribution < 1.29 is 14.6 Å². The van der Waals surface area contributed by atoms with Crippen molar-refractivity contribution >= 4 is 23.4 Å². The molecule has 0 radical (unpaired) electrons. The molecule has 0 spiro atoms. The number of hydrogen-bond acceptors (Lipinski definition) is 5. The van der Waals surface area contributed by atoms with Crippen LogP contribution in [0.1, 0.15) is 64.2 Å². The minimum atomic E-state index is -0.122. The van der Waals surface area contributed by atoms with Gasteiger partial charge in [0.2, 0.25) is 0 Å². The number of ether oxygens (including phenoxy) is 1. The van der Waals surface area contributed by atoms with Gasteiger partial charge in [0.05, 0.1) is 13.2 Å². The van der Waals surface area contributed by atoms with E-state index in [0.29, 0.717) is 23.5 Å². The van der Waals surface area contributed by atoms with Gasteiger partial charge in [0, 0.05) is 31.0 Å². The third-order valence-electron chi connectivity index (χ3n) is 6.70. The third-order valence-corrected chi connectivity index (χ3v) is 7.75. The fourth-order valence-corrected chi connectivity index (χ4v) is 5.54. The van der Waals surface area contributed by atoms with Gasteiger partial charge in [-0.3, -0.25) is 4.79 Å². The van der Waals surface area contributed by atoms with Gasteiger partial charge in [-0.1, -0.05) is 43.9 Å². The first-order chi connectivity index (χ1) is 14.5. The van der Waals surface area contributed by atoms with Gasteiger partial charge in [-0.15, -0.1) is 0 Å². The minimum Gasteiger partial charge on any atom is -0.469 e. The third kappa shape index (κ3) is 8.50. The summed E-state index contributed by atoms with van der Waals surface area (Å²) in [5.41, 5.74) is 1.27. The van der Waals surface area contributed by atoms with Crippen LogP contribution in [0.3, 0.4) is 0 Å². The molecule has 3 unspecified atom stereocenters. The largest absolute Gasteiger partial charge is 0.469 e. The predicted octanol–water partition coefficient (Wildman–Crippen LogP) is 5.54. The standard InChI is InChI=1S/C25H41NO3S/c1-26(21-12-8-6-9-13-21)19-22(30-3)16-17-23-20(15-18-24(23)27)11-7-4-5-10-14-25(28)29-2/h6,8-9,12-13,20,22-24,27H,4-5,7,10-11,14-19H2,1-3H3/t20?,22?,23?,24-/m1/s1. The van der Waals surface area contributed by atoms with Gasteiger partial charge < -0.3 is 14.7 Å². The van der Waals surface area contributed by atoms with Crippen molar-refractivity contribution in [2.45, 2.75) is 75.6 Å². The van der Waals surface area contributed by atoms with Gasteiger partial charge in [0.15, 0.2) is 0 Å². The summed E-state index contributed by atoms with van der Waals surface area (Å²) in [6.07, 6.45) is 12.7. The number of aliphatic hydroxyl groups excluding tert-OH is 1. The highest BCUT2D eigenvalue weighted by atomic mass is 32.2. The molecule has 4 nitrogen and oxygen atoms in total. The fraction of sp³-hybridized carbons (Fsp3) is 0.720. The first-order valence-corrected chi connectivity index (χ1v) is 12.9. The summed E-state index contributed by atoms with van der Waals surface area (Å²) in [7, 11) is 3.63. The van der Waals surface area contributed by atoms with Crippen molar-refractivity contribution in [2.24, 2.45) is 11.8 Å². The number of unbranched alkanes of at least 4 members (excludes halogenated alkanes) is 3. The molecule has 30 heavy (non-hydrogen) atoms. The van der Waals surface area contributed by atoms with Crippen LogP contribution in [0.5, 0.6) is 0 Å². The molecule has 0 bridgehead atoms. The molecule has 1 fully saturated rings. The zero-order valence-corrected chi connectivity index (χ0v) is 19.9. The van der Waals surface area contributed by atoms with Gasteiger partial charge >= 0.3 is 5.97 Å². The van der Waals surface area contributed by atoms with Gasteiger partial charge in [0.25, 0.3) is 0 Å². The van der Waals surface area contributed by atoms with E-state index in [0.717, 1.165) is 38.6 Å². The molecule has 1 aliphatic rings. The number of nitrogens with zero attached hydrogens (tertiary/aromatic N) is 1. The van der Waals surface area contributed by atoms with Crippen LogP contribution in [-0.2, 0) is 9.53 Å². The van der Waals surface area contributed by atoms with E-state index in [1.165, 1.54) is 38.5 Å². The Kier molecular flexibility index (Phi) is 11.7. The number of carbonyl (C=O) groups is 1. The Morgan fingerprint density at radius 3 is 2.60 bits per heavy atom. The number of esters is 1. The van der Waals surface area contributed by atoms with Crippen molar-refractivity contribution in [3.8, 4) is 0 Å². The molecule has 1 saturated carbocycles. The second-order valence-electron chi connectivity index (χ2n) is 8.75. The van der Waals surface area contributed by atoms with Crippen molar-refractivity contribution in [1.29, 1.82) is 0 Å². The van der Waals surface area contributed by atoms with Crippen LogP contribution in [-0.4, -0.2) is 49.4 Å². The van der Waals surface area contributed by atoms with Crippen molar-refractivity contribution in [3.63, 3.8) is 0 Å². The lowest BCUT2D eigenvalue weighted by Crippen LogP contribution is -2.28. The van der Waals surface area contributed by atoms with Crippen LogP contribution >= 0.6 is 11.8 Å². The number of aliphatic hydroxyl groups is 1. The summed E-state index contributed by atoms with van der Waals surface area (Å²) in [4.78, 5) is 13.5. The first-order valence-electron chi connectivity index (χ1n) is 11.6. The van der Waals surface area contributed by atoms with Crippen LogP contribution < -0.4 is 4.90 Å². The quantitative estimate of drug-likeness (QED) is 0.307. The van der Waals surface area contributed by atoms with E-state index >= 15 is 0 Å². The molecule has 1 aliphatic carbocycles. The van der Waals surface area contributed by atoms with E-state index in [2.05, 4.69) is 48.5 Å². The van der Waals surface area contributed by atoms with E-state index in [1.54, 1.807) is 0 Å². The maximum atomic E-state index is 11.2. The summed E-state index contributed by atoms with van der Waals surface area (Å²) < 4.78 is 4.70. The molecule has 2 rings (SSSR count). The second kappa shape index (κ2) is 14.0. The molecular weight excluding hydrogens is 394 g/mol. The number of rotatable bonds is 14. The zero-order valence-electron chi connectivity index (χ0n) is 19.1. The lowest BCUT2D eigenvalue weighted by Gasteiger charge is -2.28. The summed E-state index contributed by atoms with van der Waals surface area (Å²) in [6, 6.07) is 10.6. The number of thioether (sulfide) groups is 1. The molecule has 1 aromatic rings. The normalized spacial score (nSPS) is 22.1. The number of hydrogen-bond donors (Lipinski definition) is 1. The van der Waals surface area contributed by atoms with Crippen LogP contribution in [0.15, 0.2) is 30.3 Å². The molecule has 4 atom stereocenters. The molecular formula is C25H41NO3S. The summed E-state index contributed by atoms with van der Waals surface area (Å²) in [6.45, 7) is 1.04. The number of methoxy groups -OCH3 is 1. The number of anilines is 1. The lowest BCUT2D eigenvalue weighted by atomic mass is 9.86. The second-order valence-corrected chi connectivity index (χ2v) is 9.89. The van der Waals surface area contributed by atoms with Crippen LogP contribution in [0.2, 0.25) is 0 Å². The minimum absolute atomic E-state index is 0.102. The molecule has 1 aromatic carbocycles. The van der Waals surface area contributed by atoms with Crippen LogP contribution in [0.25, 0.3) is 0 Å². The molecule has 0 saturated heterocycles. The maximum Gasteiger partial charge on any atom is 0.305 e. The highest BCUT2D eigenvalue weighted by Gasteiger charge is 2.34. The Morgan fingerprint density at radius 2 is 1.90 bits per heavy atom. The van der Waals surface area contributed by atoms with Crippen molar-refractivity contribution in [3.05, 3.63) is 30.3 Å². The van der Waals surface area contributed by atoms with Gasteiger partial charge in [-0.2, -0.15) is 11.8 Å². The summed E-state index contributed by atoms with van der Waals surface area (Å²) >= 11 is 1.95. The fourth-order valence-electron chi connectivity index (χ4n) is 4.80. The maximum absolute atomic E-state index is 11.2. The molecule has 0 heterocycles. The molecule has 1 N–H and O–H groups in total. The predicted molar refractivity (Wildman–Crippen MR) is 128 cm³/mol. The highest BCUT2D eigenvalue weighted by Crippen LogP contribution is 2.39. The molecule has 0 aliphatic heterocycles. The Balaban J connectivity index is 1.71. The van der Waals surface area contributed by atoms with E-state index in [4.69, 9.17) is 4.74 Å². The topological polar surface area (TPSA) is 49.8 Å². The number of benzene rings is 1. The Bertz CT molecular complexity index is 597. The molecule has 0 aromatic heterocycles. The smallest absolute Gasteiger partial charge is 0.305 e. The van der Waals surface area contributed by atoms with Gasteiger partial charge in [-0.05, 0) is 62.3 Å². The number of para-hydroxylation sites is 1. The Labute approximate surface area is 187 Å². The van der Waals surface area contributed by atoms with E-state index < -0.39 is 0 Å². The Hall–Kier alpha value is -1.20.